The number of ether oxygens (including phenoxy) is 1. The minimum Gasteiger partial charge on any atom is -0.478 e. The van der Waals surface area contributed by atoms with Crippen molar-refractivity contribution >= 4 is 11.7 Å². The van der Waals surface area contributed by atoms with Crippen LogP contribution in [-0.2, 0) is 4.74 Å². The van der Waals surface area contributed by atoms with Crippen molar-refractivity contribution in [2.75, 3.05) is 19.0 Å². The second-order valence-electron chi connectivity index (χ2n) is 4.45. The molecule has 0 aliphatic heterocycles. The molecule has 5 heteroatoms. The van der Waals surface area contributed by atoms with E-state index in [2.05, 4.69) is 5.32 Å². The number of methoxy groups -OCH3 is 1. The zero-order valence-electron chi connectivity index (χ0n) is 10.7. The summed E-state index contributed by atoms with van der Waals surface area (Å²) in [7, 11) is 1.60. The molecule has 0 aromatic heterocycles. The van der Waals surface area contributed by atoms with E-state index in [4.69, 9.17) is 9.84 Å². The van der Waals surface area contributed by atoms with Gasteiger partial charge >= 0.3 is 5.97 Å². The van der Waals surface area contributed by atoms with Crippen molar-refractivity contribution in [1.29, 1.82) is 0 Å². The lowest BCUT2D eigenvalue weighted by Gasteiger charge is -2.22. The molecule has 1 aromatic carbocycles. The highest BCUT2D eigenvalue weighted by molar-refractivity contribution is 5.89. The lowest BCUT2D eigenvalue weighted by Crippen LogP contribution is -2.30. The van der Waals surface area contributed by atoms with E-state index in [0.29, 0.717) is 18.2 Å². The monoisotopic (exact) mass is 255 g/mol. The van der Waals surface area contributed by atoms with Crippen LogP contribution < -0.4 is 5.32 Å². The highest BCUT2D eigenvalue weighted by Gasteiger charge is 2.15. The Labute approximate surface area is 106 Å². The van der Waals surface area contributed by atoms with Crippen molar-refractivity contribution in [3.63, 3.8) is 0 Å². The van der Waals surface area contributed by atoms with Crippen LogP contribution in [0.5, 0.6) is 0 Å². The summed E-state index contributed by atoms with van der Waals surface area (Å²) in [5, 5.41) is 12.0. The summed E-state index contributed by atoms with van der Waals surface area (Å²) in [5.74, 6) is -1.70. The molecule has 0 spiro atoms. The molecule has 1 atom stereocenters. The smallest absolute Gasteiger partial charge is 0.338 e. The minimum absolute atomic E-state index is 0.0436. The highest BCUT2D eigenvalue weighted by atomic mass is 19.1. The molecule has 0 aliphatic carbocycles. The van der Waals surface area contributed by atoms with Crippen LogP contribution in [0.2, 0.25) is 0 Å². The van der Waals surface area contributed by atoms with Crippen molar-refractivity contribution in [2.24, 2.45) is 5.92 Å². The van der Waals surface area contributed by atoms with Gasteiger partial charge in [0.2, 0.25) is 0 Å². The van der Waals surface area contributed by atoms with E-state index in [1.807, 2.05) is 13.8 Å². The lowest BCUT2D eigenvalue weighted by atomic mass is 10.0. The maximum Gasteiger partial charge on any atom is 0.338 e. The number of anilines is 1. The quantitative estimate of drug-likeness (QED) is 0.820. The fraction of sp³-hybridized carbons (Fsp3) is 0.462. The molecule has 0 aliphatic rings. The lowest BCUT2D eigenvalue weighted by molar-refractivity contribution is 0.0692. The molecule has 18 heavy (non-hydrogen) atoms. The number of hydrogen-bond acceptors (Lipinski definition) is 3. The van der Waals surface area contributed by atoms with Crippen molar-refractivity contribution in [3.8, 4) is 0 Å². The topological polar surface area (TPSA) is 58.6 Å². The molecule has 4 nitrogen and oxygen atoms in total. The number of rotatable bonds is 6. The van der Waals surface area contributed by atoms with Gasteiger partial charge in [0.05, 0.1) is 18.2 Å². The van der Waals surface area contributed by atoms with Gasteiger partial charge in [-0.2, -0.15) is 0 Å². The number of aromatic carboxylic acids is 1. The zero-order chi connectivity index (χ0) is 13.7. The van der Waals surface area contributed by atoms with E-state index < -0.39 is 11.8 Å². The standard InChI is InChI=1S/C13H18FNO3/c1-8(2)12(7-18-3)15-9-4-5-11(14)10(6-9)13(16)17/h4-6,8,12,15H,7H2,1-3H3,(H,16,17). The van der Waals surface area contributed by atoms with Crippen LogP contribution in [0.25, 0.3) is 0 Å². The SMILES string of the molecule is COCC(Nc1ccc(F)c(C(=O)O)c1)C(C)C. The minimum atomic E-state index is -1.27. The average Bonchev–Trinajstić information content (AvgIpc) is 2.30. The van der Waals surface area contributed by atoms with Gasteiger partial charge in [0.15, 0.2) is 0 Å². The molecule has 0 fully saturated rings. The van der Waals surface area contributed by atoms with E-state index in [9.17, 15) is 9.18 Å². The predicted octanol–water partition coefficient (Wildman–Crippen LogP) is 2.61. The van der Waals surface area contributed by atoms with Gasteiger partial charge < -0.3 is 15.2 Å². The van der Waals surface area contributed by atoms with Gasteiger partial charge in [-0.25, -0.2) is 9.18 Å². The molecular formula is C13H18FNO3. The fourth-order valence-electron chi connectivity index (χ4n) is 1.57. The molecule has 0 saturated heterocycles. The Balaban J connectivity index is 2.89. The van der Waals surface area contributed by atoms with E-state index >= 15 is 0 Å². The number of carboxylic acid groups (broad SMARTS) is 1. The summed E-state index contributed by atoms with van der Waals surface area (Å²) in [6.07, 6.45) is 0. The summed E-state index contributed by atoms with van der Waals surface area (Å²) in [4.78, 5) is 10.8. The molecule has 0 bridgehead atoms. The summed E-state index contributed by atoms with van der Waals surface area (Å²) in [6.45, 7) is 4.55. The first-order chi connectivity index (χ1) is 8.45. The Bertz CT molecular complexity index is 421. The molecule has 0 heterocycles. The van der Waals surface area contributed by atoms with Crippen LogP contribution in [0, 0.1) is 11.7 Å². The Morgan fingerprint density at radius 2 is 2.17 bits per heavy atom. The Hall–Kier alpha value is -1.62. The molecule has 0 saturated carbocycles. The van der Waals surface area contributed by atoms with E-state index in [1.54, 1.807) is 7.11 Å². The molecule has 0 amide bonds. The highest BCUT2D eigenvalue weighted by Crippen LogP contribution is 2.17. The molecule has 1 rings (SSSR count). The largest absolute Gasteiger partial charge is 0.478 e. The maximum absolute atomic E-state index is 13.2. The number of carboxylic acids is 1. The van der Waals surface area contributed by atoms with Crippen molar-refractivity contribution in [2.45, 2.75) is 19.9 Å². The third-order valence-corrected chi connectivity index (χ3v) is 2.70. The van der Waals surface area contributed by atoms with Crippen LogP contribution >= 0.6 is 0 Å². The van der Waals surface area contributed by atoms with Gasteiger partial charge in [-0.1, -0.05) is 13.8 Å². The summed E-state index contributed by atoms with van der Waals surface area (Å²) in [6, 6.07) is 4.01. The van der Waals surface area contributed by atoms with Crippen molar-refractivity contribution in [1.82, 2.24) is 0 Å². The van der Waals surface area contributed by atoms with Gasteiger partial charge in [-0.05, 0) is 24.1 Å². The van der Waals surface area contributed by atoms with Gasteiger partial charge in [0, 0.05) is 12.8 Å². The van der Waals surface area contributed by atoms with Crippen molar-refractivity contribution < 1.29 is 19.0 Å². The van der Waals surface area contributed by atoms with Crippen LogP contribution in [0.3, 0.4) is 0 Å². The summed E-state index contributed by atoms with van der Waals surface area (Å²) >= 11 is 0. The molecule has 2 N–H and O–H groups in total. The molecule has 1 aromatic rings. The Morgan fingerprint density at radius 3 is 2.67 bits per heavy atom. The number of benzene rings is 1. The third kappa shape index (κ3) is 3.70. The molecule has 100 valence electrons. The fourth-order valence-corrected chi connectivity index (χ4v) is 1.57. The number of carbonyl (C=O) groups is 1. The Kier molecular flexibility index (Phi) is 5.09. The zero-order valence-corrected chi connectivity index (χ0v) is 10.7. The second-order valence-corrected chi connectivity index (χ2v) is 4.45. The first-order valence-electron chi connectivity index (χ1n) is 5.74. The van der Waals surface area contributed by atoms with Crippen LogP contribution in [-0.4, -0.2) is 30.8 Å². The van der Waals surface area contributed by atoms with Crippen LogP contribution in [0.1, 0.15) is 24.2 Å². The van der Waals surface area contributed by atoms with Gasteiger partial charge in [0.1, 0.15) is 5.82 Å². The van der Waals surface area contributed by atoms with E-state index in [0.717, 1.165) is 6.07 Å². The predicted molar refractivity (Wildman–Crippen MR) is 67.5 cm³/mol. The van der Waals surface area contributed by atoms with Crippen LogP contribution in [0.15, 0.2) is 18.2 Å². The first kappa shape index (κ1) is 14.4. The second kappa shape index (κ2) is 6.35. The van der Waals surface area contributed by atoms with E-state index in [-0.39, 0.29) is 11.6 Å². The molecule has 0 radical (unpaired) electrons. The third-order valence-electron chi connectivity index (χ3n) is 2.70. The normalized spacial score (nSPS) is 12.5. The molecular weight excluding hydrogens is 237 g/mol. The van der Waals surface area contributed by atoms with Crippen LogP contribution in [0.4, 0.5) is 10.1 Å². The summed E-state index contributed by atoms with van der Waals surface area (Å²) < 4.78 is 18.3. The number of hydrogen-bond donors (Lipinski definition) is 2. The van der Waals surface area contributed by atoms with Gasteiger partial charge in [0.25, 0.3) is 0 Å². The average molecular weight is 255 g/mol. The number of halogens is 1. The maximum atomic E-state index is 13.2. The molecule has 1 unspecified atom stereocenters. The van der Waals surface area contributed by atoms with Gasteiger partial charge in [-0.3, -0.25) is 0 Å². The van der Waals surface area contributed by atoms with Crippen molar-refractivity contribution in [3.05, 3.63) is 29.6 Å². The summed E-state index contributed by atoms with van der Waals surface area (Å²) in [5.41, 5.74) is 0.240. The van der Waals surface area contributed by atoms with Gasteiger partial charge in [-0.15, -0.1) is 0 Å². The first-order valence-corrected chi connectivity index (χ1v) is 5.74. The number of nitrogens with one attached hydrogen (secondary N) is 1. The Morgan fingerprint density at radius 1 is 1.50 bits per heavy atom. The van der Waals surface area contributed by atoms with E-state index in [1.165, 1.54) is 12.1 Å².